The van der Waals surface area contributed by atoms with Crippen molar-refractivity contribution in [3.63, 3.8) is 0 Å². The first-order valence-corrected chi connectivity index (χ1v) is 11.7. The van der Waals surface area contributed by atoms with E-state index in [4.69, 9.17) is 16.7 Å². The van der Waals surface area contributed by atoms with Crippen LogP contribution in [0, 0.1) is 0 Å². The Kier molecular flexibility index (Phi) is 8.09. The molecular formula is C26H22ClN7O4. The Morgan fingerprint density at radius 3 is 2.34 bits per heavy atom. The first kappa shape index (κ1) is 26.0. The number of benzene rings is 2. The van der Waals surface area contributed by atoms with E-state index in [2.05, 4.69) is 36.2 Å². The van der Waals surface area contributed by atoms with Crippen LogP contribution in [0.5, 0.6) is 0 Å². The number of aromatic nitrogens is 3. The number of amides is 3. The Hall–Kier alpha value is -5.03. The van der Waals surface area contributed by atoms with Crippen LogP contribution in [-0.4, -0.2) is 51.6 Å². The Morgan fingerprint density at radius 2 is 1.61 bits per heavy atom. The van der Waals surface area contributed by atoms with Crippen molar-refractivity contribution >= 4 is 46.8 Å². The van der Waals surface area contributed by atoms with Gasteiger partial charge >= 0.3 is 12.0 Å². The lowest BCUT2D eigenvalue weighted by molar-refractivity contribution is -0.135. The van der Waals surface area contributed by atoms with Crippen LogP contribution in [0.3, 0.4) is 0 Å². The monoisotopic (exact) mass is 531 g/mol. The number of halogens is 1. The Labute approximate surface area is 222 Å². The topological polar surface area (TPSA) is 158 Å². The number of hydrogen-bond donors (Lipinski definition) is 5. The Bertz CT molecular complexity index is 1500. The van der Waals surface area contributed by atoms with E-state index in [1.165, 1.54) is 12.1 Å². The van der Waals surface area contributed by atoms with Crippen molar-refractivity contribution in [1.29, 1.82) is 0 Å². The molecule has 11 nitrogen and oxygen atoms in total. The molecule has 38 heavy (non-hydrogen) atoms. The summed E-state index contributed by atoms with van der Waals surface area (Å²) in [7, 11) is 1.55. The zero-order valence-electron chi connectivity index (χ0n) is 20.0. The zero-order chi connectivity index (χ0) is 27.1. The molecular weight excluding hydrogens is 510 g/mol. The van der Waals surface area contributed by atoms with Crippen molar-refractivity contribution in [2.75, 3.05) is 24.2 Å². The molecule has 3 amide bonds. The minimum atomic E-state index is -1.16. The molecule has 0 bridgehead atoms. The van der Waals surface area contributed by atoms with Gasteiger partial charge in [-0.1, -0.05) is 23.7 Å². The molecule has 2 heterocycles. The molecule has 0 spiro atoms. The van der Waals surface area contributed by atoms with E-state index in [-0.39, 0.29) is 22.6 Å². The van der Waals surface area contributed by atoms with Crippen LogP contribution >= 0.6 is 11.6 Å². The summed E-state index contributed by atoms with van der Waals surface area (Å²) in [5, 5.41) is 19.5. The number of urea groups is 1. The number of carbonyl (C=O) groups is 3. The minimum Gasteiger partial charge on any atom is -0.480 e. The first-order chi connectivity index (χ1) is 18.3. The second-order valence-electron chi connectivity index (χ2n) is 7.87. The van der Waals surface area contributed by atoms with Crippen molar-refractivity contribution < 1.29 is 19.5 Å². The molecule has 12 heteroatoms. The van der Waals surface area contributed by atoms with E-state index in [9.17, 15) is 14.4 Å². The third-order valence-corrected chi connectivity index (χ3v) is 5.57. The number of carboxylic acid groups (broad SMARTS) is 1. The summed E-state index contributed by atoms with van der Waals surface area (Å²) < 4.78 is 0. The van der Waals surface area contributed by atoms with Gasteiger partial charge in [0.15, 0.2) is 0 Å². The second-order valence-corrected chi connectivity index (χ2v) is 8.28. The number of anilines is 3. The Morgan fingerprint density at radius 1 is 0.868 bits per heavy atom. The molecule has 0 aliphatic heterocycles. The highest BCUT2D eigenvalue weighted by Gasteiger charge is 2.13. The van der Waals surface area contributed by atoms with Gasteiger partial charge in [0.05, 0.1) is 22.0 Å². The number of aliphatic carboxylic acids is 1. The predicted molar refractivity (Wildman–Crippen MR) is 143 cm³/mol. The average Bonchev–Trinajstić information content (AvgIpc) is 2.93. The number of pyridine rings is 1. The van der Waals surface area contributed by atoms with E-state index in [1.807, 2.05) is 24.3 Å². The van der Waals surface area contributed by atoms with Gasteiger partial charge in [-0.05, 0) is 48.5 Å². The maximum Gasteiger partial charge on any atom is 0.322 e. The zero-order valence-corrected chi connectivity index (χ0v) is 20.8. The van der Waals surface area contributed by atoms with Crippen LogP contribution in [-0.2, 0) is 4.79 Å². The lowest BCUT2D eigenvalue weighted by atomic mass is 10.1. The maximum absolute atomic E-state index is 12.3. The van der Waals surface area contributed by atoms with Gasteiger partial charge < -0.3 is 26.4 Å². The highest BCUT2D eigenvalue weighted by atomic mass is 35.5. The Balaban J connectivity index is 1.53. The van der Waals surface area contributed by atoms with Gasteiger partial charge in [-0.25, -0.2) is 14.8 Å². The minimum absolute atomic E-state index is 0.115. The summed E-state index contributed by atoms with van der Waals surface area (Å²) in [6.07, 6.45) is 3.28. The van der Waals surface area contributed by atoms with Gasteiger partial charge in [-0.2, -0.15) is 0 Å². The average molecular weight is 532 g/mol. The first-order valence-electron chi connectivity index (χ1n) is 11.3. The van der Waals surface area contributed by atoms with Crippen LogP contribution in [0.1, 0.15) is 10.4 Å². The fourth-order valence-electron chi connectivity index (χ4n) is 3.40. The van der Waals surface area contributed by atoms with E-state index in [0.29, 0.717) is 17.1 Å². The number of carboxylic acids is 1. The summed E-state index contributed by atoms with van der Waals surface area (Å²) in [6, 6.07) is 17.1. The number of hydrogen-bond acceptors (Lipinski definition) is 7. The second kappa shape index (κ2) is 11.8. The predicted octanol–water partition coefficient (Wildman–Crippen LogP) is 4.17. The summed E-state index contributed by atoms with van der Waals surface area (Å²) in [5.41, 5.74) is 4.28. The van der Waals surface area contributed by atoms with Crippen LogP contribution < -0.4 is 21.3 Å². The fourth-order valence-corrected chi connectivity index (χ4v) is 3.61. The highest BCUT2D eigenvalue weighted by Crippen LogP contribution is 2.26. The summed E-state index contributed by atoms with van der Waals surface area (Å²) in [6.45, 7) is -0.525. The normalized spacial score (nSPS) is 10.4. The van der Waals surface area contributed by atoms with E-state index in [1.54, 1.807) is 43.7 Å². The molecule has 2 aromatic heterocycles. The van der Waals surface area contributed by atoms with Gasteiger partial charge in [0.2, 0.25) is 5.95 Å². The molecule has 0 saturated carbocycles. The maximum atomic E-state index is 12.3. The largest absolute Gasteiger partial charge is 0.480 e. The lowest BCUT2D eigenvalue weighted by Crippen LogP contribution is -2.29. The van der Waals surface area contributed by atoms with Crippen LogP contribution in [0.2, 0.25) is 5.02 Å². The summed E-state index contributed by atoms with van der Waals surface area (Å²) in [5.74, 6) is -1.49. The van der Waals surface area contributed by atoms with Gasteiger partial charge in [0.1, 0.15) is 6.54 Å². The molecule has 0 unspecified atom stereocenters. The standard InChI is InChI=1S/C26H22ClN7O4/c1-28-26(38)33-17-4-2-15(3-5-17)22-12-16(8-10-29-22)21-9-11-30-25(34-21)32-18-6-7-20(27)19(13-18)24(37)31-14-23(35)36/h2-13H,14H2,1H3,(H,31,37)(H,35,36)(H2,28,33,38)(H,30,32,34). The van der Waals surface area contributed by atoms with E-state index >= 15 is 0 Å². The van der Waals surface area contributed by atoms with Gasteiger partial charge in [0.25, 0.3) is 5.91 Å². The molecule has 192 valence electrons. The molecule has 4 rings (SSSR count). The lowest BCUT2D eigenvalue weighted by Gasteiger charge is -2.10. The van der Waals surface area contributed by atoms with Crippen LogP contribution in [0.15, 0.2) is 73.1 Å². The molecule has 0 aliphatic carbocycles. The van der Waals surface area contributed by atoms with Crippen molar-refractivity contribution in [3.05, 3.63) is 83.6 Å². The molecule has 0 saturated heterocycles. The molecule has 4 aromatic rings. The number of nitrogens with one attached hydrogen (secondary N) is 4. The third-order valence-electron chi connectivity index (χ3n) is 5.24. The molecule has 2 aromatic carbocycles. The van der Waals surface area contributed by atoms with E-state index in [0.717, 1.165) is 16.8 Å². The van der Waals surface area contributed by atoms with Crippen molar-refractivity contribution in [3.8, 4) is 22.5 Å². The number of rotatable bonds is 8. The highest BCUT2D eigenvalue weighted by molar-refractivity contribution is 6.34. The smallest absolute Gasteiger partial charge is 0.322 e. The summed E-state index contributed by atoms with van der Waals surface area (Å²) >= 11 is 6.12. The number of nitrogens with zero attached hydrogens (tertiary/aromatic N) is 3. The van der Waals surface area contributed by atoms with Crippen molar-refractivity contribution in [2.24, 2.45) is 0 Å². The van der Waals surface area contributed by atoms with Gasteiger partial charge in [-0.15, -0.1) is 0 Å². The fraction of sp³-hybridized carbons (Fsp3) is 0.0769. The van der Waals surface area contributed by atoms with Crippen molar-refractivity contribution in [2.45, 2.75) is 0 Å². The molecule has 0 atom stereocenters. The van der Waals surface area contributed by atoms with Gasteiger partial charge in [0, 0.05) is 41.9 Å². The number of carbonyl (C=O) groups excluding carboxylic acids is 2. The molecule has 0 aliphatic rings. The molecule has 0 radical (unpaired) electrons. The quantitative estimate of drug-likeness (QED) is 0.226. The third kappa shape index (κ3) is 6.59. The van der Waals surface area contributed by atoms with Crippen LogP contribution in [0.25, 0.3) is 22.5 Å². The van der Waals surface area contributed by atoms with Crippen molar-refractivity contribution in [1.82, 2.24) is 25.6 Å². The molecule has 5 N–H and O–H groups in total. The summed E-state index contributed by atoms with van der Waals surface area (Å²) in [4.78, 5) is 47.8. The molecule has 0 fully saturated rings. The SMILES string of the molecule is CNC(=O)Nc1ccc(-c2cc(-c3ccnc(Nc4ccc(Cl)c(C(=O)NCC(=O)O)c4)n3)ccn2)cc1. The van der Waals surface area contributed by atoms with E-state index < -0.39 is 18.4 Å². The van der Waals surface area contributed by atoms with Gasteiger partial charge in [-0.3, -0.25) is 14.6 Å². The van der Waals surface area contributed by atoms with Crippen LogP contribution in [0.4, 0.5) is 22.1 Å².